The highest BCUT2D eigenvalue weighted by Crippen LogP contribution is 2.42. The number of phenols is 4. The fourth-order valence-corrected chi connectivity index (χ4v) is 3.39. The number of fused-ring (bicyclic) bond motifs is 1. The molecule has 34 heavy (non-hydrogen) atoms. The number of aromatic hydroxyl groups is 4. The molecule has 0 aliphatic carbocycles. The molecule has 3 aromatic rings. The van der Waals surface area contributed by atoms with Crippen LogP contribution < -0.4 is 10.2 Å². The van der Waals surface area contributed by atoms with Gasteiger partial charge in [-0.2, -0.15) is 0 Å². The van der Waals surface area contributed by atoms with Crippen LogP contribution in [0.3, 0.4) is 0 Å². The van der Waals surface area contributed by atoms with Crippen molar-refractivity contribution in [3.8, 4) is 40.1 Å². The number of ether oxygens (including phenoxy) is 2. The normalized spacial score (nSPS) is 24.8. The van der Waals surface area contributed by atoms with Crippen molar-refractivity contribution in [1.29, 1.82) is 0 Å². The number of hydrogen-bond acceptors (Lipinski definition) is 13. The monoisotopic (exact) mass is 478 g/mol. The molecule has 4 rings (SSSR count). The van der Waals surface area contributed by atoms with Gasteiger partial charge < -0.3 is 54.7 Å². The van der Waals surface area contributed by atoms with Gasteiger partial charge in [0.2, 0.25) is 5.75 Å². The van der Waals surface area contributed by atoms with E-state index in [-0.39, 0.29) is 16.9 Å². The Kier molecular flexibility index (Phi) is 5.80. The standard InChI is InChI=1S/C21H18O13/c22-7-2-1-6(3-8(7)23)10-4-9(24)13-11(32-10)5-12(14(25)15(13)26)33-21(31)19-17(28)16(27)18(29)20(30)34-19/h1-5,16-20,22-23,25-30H/t16-,17-,18+,19-,20+/m0/s1. The lowest BCUT2D eigenvalue weighted by Gasteiger charge is -2.36. The van der Waals surface area contributed by atoms with Crippen LogP contribution in [0.4, 0.5) is 0 Å². The van der Waals surface area contributed by atoms with Crippen molar-refractivity contribution in [1.82, 2.24) is 0 Å². The molecule has 0 unspecified atom stereocenters. The molecule has 0 amide bonds. The largest absolute Gasteiger partial charge is 0.504 e. The van der Waals surface area contributed by atoms with Gasteiger partial charge in [0.15, 0.2) is 40.8 Å². The van der Waals surface area contributed by atoms with Gasteiger partial charge in [-0.15, -0.1) is 0 Å². The van der Waals surface area contributed by atoms with Gasteiger partial charge in [-0.05, 0) is 18.2 Å². The molecule has 5 atom stereocenters. The average Bonchev–Trinajstić information content (AvgIpc) is 2.79. The van der Waals surface area contributed by atoms with E-state index in [1.54, 1.807) is 0 Å². The van der Waals surface area contributed by atoms with Crippen molar-refractivity contribution in [2.45, 2.75) is 30.7 Å². The highest BCUT2D eigenvalue weighted by molar-refractivity contribution is 5.91. The van der Waals surface area contributed by atoms with Crippen LogP contribution in [0.15, 0.2) is 39.5 Å². The molecule has 1 fully saturated rings. The number of carbonyl (C=O) groups excluding carboxylic acids is 1. The number of esters is 1. The third-order valence-electron chi connectivity index (χ3n) is 5.22. The highest BCUT2D eigenvalue weighted by atomic mass is 16.7. The van der Waals surface area contributed by atoms with Crippen LogP contribution in [-0.4, -0.2) is 77.5 Å². The Hall–Kier alpha value is -3.88. The molecule has 1 aliphatic rings. The Morgan fingerprint density at radius 2 is 1.56 bits per heavy atom. The number of phenolic OH excluding ortho intramolecular Hbond substituents is 4. The van der Waals surface area contributed by atoms with Crippen molar-refractivity contribution in [2.75, 3.05) is 0 Å². The molecule has 0 radical (unpaired) electrons. The summed E-state index contributed by atoms with van der Waals surface area (Å²) in [7, 11) is 0. The van der Waals surface area contributed by atoms with E-state index in [0.717, 1.165) is 24.3 Å². The van der Waals surface area contributed by atoms with Crippen LogP contribution in [0, 0.1) is 0 Å². The van der Waals surface area contributed by atoms with Crippen LogP contribution in [0.2, 0.25) is 0 Å². The van der Waals surface area contributed by atoms with Crippen LogP contribution >= 0.6 is 0 Å². The first-order chi connectivity index (χ1) is 16.0. The third-order valence-corrected chi connectivity index (χ3v) is 5.22. The van der Waals surface area contributed by atoms with Crippen molar-refractivity contribution in [3.63, 3.8) is 0 Å². The Labute approximate surface area is 188 Å². The molecule has 2 heterocycles. The van der Waals surface area contributed by atoms with Gasteiger partial charge in [-0.1, -0.05) is 0 Å². The van der Waals surface area contributed by atoms with Crippen molar-refractivity contribution < 1.29 is 59.5 Å². The second-order valence-corrected chi connectivity index (χ2v) is 7.46. The third kappa shape index (κ3) is 3.87. The average molecular weight is 478 g/mol. The fraction of sp³-hybridized carbons (Fsp3) is 0.238. The van der Waals surface area contributed by atoms with E-state index in [9.17, 15) is 50.4 Å². The first-order valence-electron chi connectivity index (χ1n) is 9.64. The molecule has 13 nitrogen and oxygen atoms in total. The second-order valence-electron chi connectivity index (χ2n) is 7.46. The second kappa shape index (κ2) is 8.48. The zero-order valence-corrected chi connectivity index (χ0v) is 16.9. The first-order valence-corrected chi connectivity index (χ1v) is 9.64. The summed E-state index contributed by atoms with van der Waals surface area (Å²) in [6, 6.07) is 5.41. The van der Waals surface area contributed by atoms with Gasteiger partial charge in [0.05, 0.1) is 0 Å². The quantitative estimate of drug-likeness (QED) is 0.128. The van der Waals surface area contributed by atoms with E-state index in [4.69, 9.17) is 13.9 Å². The topological polar surface area (TPSA) is 228 Å². The maximum absolute atomic E-state index is 12.5. The molecule has 0 saturated carbocycles. The summed E-state index contributed by atoms with van der Waals surface area (Å²) in [6.45, 7) is 0. The van der Waals surface area contributed by atoms with E-state index in [1.807, 2.05) is 0 Å². The summed E-state index contributed by atoms with van der Waals surface area (Å²) < 4.78 is 15.2. The number of aliphatic hydroxyl groups excluding tert-OH is 4. The van der Waals surface area contributed by atoms with Gasteiger partial charge in [0.1, 0.15) is 35.0 Å². The molecule has 0 bridgehead atoms. The summed E-state index contributed by atoms with van der Waals surface area (Å²) in [6.07, 6.45) is -9.87. The lowest BCUT2D eigenvalue weighted by Crippen LogP contribution is -2.60. The van der Waals surface area contributed by atoms with Crippen molar-refractivity contribution >= 4 is 16.9 Å². The Morgan fingerprint density at radius 3 is 2.24 bits per heavy atom. The molecule has 8 N–H and O–H groups in total. The van der Waals surface area contributed by atoms with Gasteiger partial charge in [-0.3, -0.25) is 4.79 Å². The number of hydrogen-bond donors (Lipinski definition) is 8. The Morgan fingerprint density at radius 1 is 0.853 bits per heavy atom. The summed E-state index contributed by atoms with van der Waals surface area (Å²) in [4.78, 5) is 25.0. The zero-order chi connectivity index (χ0) is 24.9. The summed E-state index contributed by atoms with van der Waals surface area (Å²) in [5.74, 6) is -5.20. The van der Waals surface area contributed by atoms with Gasteiger partial charge in [0.25, 0.3) is 0 Å². The van der Waals surface area contributed by atoms with Crippen LogP contribution in [0.25, 0.3) is 22.3 Å². The first kappa shape index (κ1) is 23.3. The van der Waals surface area contributed by atoms with E-state index in [2.05, 4.69) is 0 Å². The van der Waals surface area contributed by atoms with Crippen molar-refractivity contribution in [2.24, 2.45) is 0 Å². The van der Waals surface area contributed by atoms with Crippen LogP contribution in [0.1, 0.15) is 0 Å². The molecule has 1 aromatic heterocycles. The van der Waals surface area contributed by atoms with E-state index in [1.165, 1.54) is 6.07 Å². The maximum atomic E-state index is 12.5. The SMILES string of the molecule is O=C(Oc1cc2oc(-c3ccc(O)c(O)c3)cc(=O)c2c(O)c1O)[C@H]1O[C@@H](O)[C@H](O)[C@@H](O)[C@@H]1O. The van der Waals surface area contributed by atoms with Crippen molar-refractivity contribution in [3.05, 3.63) is 40.6 Å². The van der Waals surface area contributed by atoms with Gasteiger partial charge in [0, 0.05) is 17.7 Å². The molecule has 2 aromatic carbocycles. The minimum absolute atomic E-state index is 0.110. The zero-order valence-electron chi connectivity index (χ0n) is 16.9. The number of aliphatic hydroxyl groups is 4. The number of rotatable bonds is 3. The van der Waals surface area contributed by atoms with E-state index in [0.29, 0.717) is 0 Å². The molecule has 1 saturated heterocycles. The molecular weight excluding hydrogens is 460 g/mol. The lowest BCUT2D eigenvalue weighted by atomic mass is 9.99. The van der Waals surface area contributed by atoms with E-state index < -0.39 is 76.2 Å². The minimum Gasteiger partial charge on any atom is -0.504 e. The molecule has 0 spiro atoms. The van der Waals surface area contributed by atoms with Gasteiger partial charge in [-0.25, -0.2) is 4.79 Å². The van der Waals surface area contributed by atoms with Gasteiger partial charge >= 0.3 is 5.97 Å². The number of carbonyl (C=O) groups is 1. The van der Waals surface area contributed by atoms with Crippen LogP contribution in [-0.2, 0) is 9.53 Å². The predicted octanol–water partition coefficient (Wildman–Crippen LogP) is -1.01. The maximum Gasteiger partial charge on any atom is 0.343 e. The Balaban J connectivity index is 1.73. The number of benzene rings is 2. The highest BCUT2D eigenvalue weighted by Gasteiger charge is 2.47. The lowest BCUT2D eigenvalue weighted by molar-refractivity contribution is -0.279. The predicted molar refractivity (Wildman–Crippen MR) is 109 cm³/mol. The van der Waals surface area contributed by atoms with E-state index >= 15 is 0 Å². The smallest absolute Gasteiger partial charge is 0.343 e. The van der Waals surface area contributed by atoms with Crippen LogP contribution in [0.5, 0.6) is 28.7 Å². The Bertz CT molecular complexity index is 1330. The summed E-state index contributed by atoms with van der Waals surface area (Å²) >= 11 is 0. The summed E-state index contributed by atoms with van der Waals surface area (Å²) in [5.41, 5.74) is -0.991. The molecule has 1 aliphatic heterocycles. The molecular formula is C21H18O13. The minimum atomic E-state index is -2.03. The molecule has 180 valence electrons. The fourth-order valence-electron chi connectivity index (χ4n) is 3.39. The molecule has 13 heteroatoms. The summed E-state index contributed by atoms with van der Waals surface area (Å²) in [5, 5.41) is 77.9.